The predicted molar refractivity (Wildman–Crippen MR) is 78.0 cm³/mol. The highest BCUT2D eigenvalue weighted by molar-refractivity contribution is 6.34. The average Bonchev–Trinajstić information content (AvgIpc) is 2.45. The van der Waals surface area contributed by atoms with Gasteiger partial charge in [-0.1, -0.05) is 36.4 Å². The molecular formula is C15H19NO4. The average molecular weight is 277 g/mol. The topological polar surface area (TPSA) is 68.1 Å². The Balaban J connectivity index is 2.53. The van der Waals surface area contributed by atoms with Crippen LogP contribution in [0.5, 0.6) is 5.75 Å². The van der Waals surface area contributed by atoms with Gasteiger partial charge in [0.2, 0.25) is 0 Å². The molecule has 0 aliphatic heterocycles. The van der Waals surface area contributed by atoms with Crippen LogP contribution in [-0.4, -0.2) is 30.0 Å². The van der Waals surface area contributed by atoms with E-state index in [-0.39, 0.29) is 12.3 Å². The van der Waals surface area contributed by atoms with Gasteiger partial charge in [-0.3, -0.25) is 0 Å². The van der Waals surface area contributed by atoms with E-state index in [1.165, 1.54) is 6.92 Å². The summed E-state index contributed by atoms with van der Waals surface area (Å²) in [5.41, 5.74) is 0.869. The Morgan fingerprint density at radius 3 is 2.85 bits per heavy atom. The monoisotopic (exact) mass is 277 g/mol. The van der Waals surface area contributed by atoms with Gasteiger partial charge in [0.15, 0.2) is 5.71 Å². The number of para-hydroxylation sites is 1. The SMILES string of the molecule is CCCOc1ccccc1C=CCON=C(C)C(=O)O. The van der Waals surface area contributed by atoms with Crippen LogP contribution in [0.15, 0.2) is 35.5 Å². The molecule has 0 saturated carbocycles. The number of oxime groups is 1. The molecule has 0 atom stereocenters. The van der Waals surface area contributed by atoms with Crippen LogP contribution in [0.25, 0.3) is 6.08 Å². The van der Waals surface area contributed by atoms with Crippen LogP contribution in [-0.2, 0) is 9.63 Å². The van der Waals surface area contributed by atoms with E-state index in [1.807, 2.05) is 30.3 Å². The van der Waals surface area contributed by atoms with E-state index in [1.54, 1.807) is 6.08 Å². The van der Waals surface area contributed by atoms with Crippen LogP contribution in [0.3, 0.4) is 0 Å². The van der Waals surface area contributed by atoms with Crippen molar-refractivity contribution in [3.8, 4) is 5.75 Å². The van der Waals surface area contributed by atoms with Crippen molar-refractivity contribution >= 4 is 17.8 Å². The molecule has 1 aromatic carbocycles. The first-order valence-corrected chi connectivity index (χ1v) is 6.43. The minimum absolute atomic E-state index is 0.0786. The number of benzene rings is 1. The van der Waals surface area contributed by atoms with Crippen molar-refractivity contribution in [3.63, 3.8) is 0 Å². The molecule has 0 aliphatic carbocycles. The van der Waals surface area contributed by atoms with Crippen LogP contribution >= 0.6 is 0 Å². The normalized spacial score (nSPS) is 11.6. The van der Waals surface area contributed by atoms with Crippen LogP contribution in [0.1, 0.15) is 25.8 Å². The molecule has 108 valence electrons. The summed E-state index contributed by atoms with van der Waals surface area (Å²) in [6.45, 7) is 4.30. The fourth-order valence-corrected chi connectivity index (χ4v) is 1.35. The van der Waals surface area contributed by atoms with Gasteiger partial charge in [-0.2, -0.15) is 0 Å². The fraction of sp³-hybridized carbons (Fsp3) is 0.333. The second-order valence-corrected chi connectivity index (χ2v) is 4.07. The zero-order chi connectivity index (χ0) is 14.8. The third kappa shape index (κ3) is 5.56. The summed E-state index contributed by atoms with van der Waals surface area (Å²) >= 11 is 0. The number of hydrogen-bond donors (Lipinski definition) is 1. The lowest BCUT2D eigenvalue weighted by atomic mass is 10.2. The summed E-state index contributed by atoms with van der Waals surface area (Å²) in [5, 5.41) is 12.1. The lowest BCUT2D eigenvalue weighted by molar-refractivity contribution is -0.129. The molecule has 0 radical (unpaired) electrons. The highest BCUT2D eigenvalue weighted by Gasteiger charge is 2.01. The molecule has 0 aliphatic rings. The summed E-state index contributed by atoms with van der Waals surface area (Å²) in [7, 11) is 0. The van der Waals surface area contributed by atoms with Crippen molar-refractivity contribution < 1.29 is 19.5 Å². The van der Waals surface area contributed by atoms with Gasteiger partial charge < -0.3 is 14.7 Å². The van der Waals surface area contributed by atoms with Crippen molar-refractivity contribution in [3.05, 3.63) is 35.9 Å². The van der Waals surface area contributed by atoms with Crippen molar-refractivity contribution in [1.29, 1.82) is 0 Å². The number of nitrogens with zero attached hydrogens (tertiary/aromatic N) is 1. The van der Waals surface area contributed by atoms with Gasteiger partial charge in [-0.05, 0) is 25.5 Å². The Bertz CT molecular complexity index is 494. The number of rotatable bonds is 8. The summed E-state index contributed by atoms with van der Waals surface area (Å²) in [5.74, 6) is -0.275. The number of aliphatic carboxylic acids is 1. The first-order valence-electron chi connectivity index (χ1n) is 6.43. The van der Waals surface area contributed by atoms with E-state index in [2.05, 4.69) is 12.1 Å². The second-order valence-electron chi connectivity index (χ2n) is 4.07. The van der Waals surface area contributed by atoms with Gasteiger partial charge >= 0.3 is 5.97 Å². The second kappa shape index (κ2) is 8.74. The Morgan fingerprint density at radius 1 is 1.40 bits per heavy atom. The number of hydrogen-bond acceptors (Lipinski definition) is 4. The summed E-state index contributed by atoms with van der Waals surface area (Å²) in [6.07, 6.45) is 4.56. The number of carboxylic acids is 1. The lowest BCUT2D eigenvalue weighted by Gasteiger charge is -2.07. The zero-order valence-electron chi connectivity index (χ0n) is 11.7. The molecule has 1 rings (SSSR count). The van der Waals surface area contributed by atoms with Crippen LogP contribution in [0.4, 0.5) is 0 Å². The molecule has 0 bridgehead atoms. The quantitative estimate of drug-likeness (QED) is 0.450. The van der Waals surface area contributed by atoms with Gasteiger partial charge in [0.25, 0.3) is 0 Å². The smallest absolute Gasteiger partial charge is 0.353 e. The first-order chi connectivity index (χ1) is 9.65. The van der Waals surface area contributed by atoms with Crippen LogP contribution in [0.2, 0.25) is 0 Å². The van der Waals surface area contributed by atoms with Gasteiger partial charge in [0.1, 0.15) is 12.4 Å². The standard InChI is InChI=1S/C15H19NO4/c1-3-10-19-14-9-5-4-7-13(14)8-6-11-20-16-12(2)15(17)18/h4-9H,3,10-11H2,1-2H3,(H,17,18). The molecule has 0 heterocycles. The van der Waals surface area contributed by atoms with Gasteiger partial charge in [0, 0.05) is 5.56 Å². The Morgan fingerprint density at radius 2 is 2.15 bits per heavy atom. The molecule has 0 saturated heterocycles. The fourth-order valence-electron chi connectivity index (χ4n) is 1.35. The predicted octanol–water partition coefficient (Wildman–Crippen LogP) is 2.97. The maximum Gasteiger partial charge on any atom is 0.353 e. The van der Waals surface area contributed by atoms with Gasteiger partial charge in [-0.25, -0.2) is 4.79 Å². The first kappa shape index (κ1) is 15.8. The number of carboxylic acid groups (broad SMARTS) is 1. The molecule has 0 unspecified atom stereocenters. The Kier molecular flexibility index (Phi) is 6.89. The molecular weight excluding hydrogens is 258 g/mol. The maximum atomic E-state index is 10.5. The third-order valence-electron chi connectivity index (χ3n) is 2.36. The molecule has 5 heteroatoms. The van der Waals surface area contributed by atoms with Crippen molar-refractivity contribution in [2.24, 2.45) is 5.16 Å². The highest BCUT2D eigenvalue weighted by Crippen LogP contribution is 2.19. The summed E-state index contributed by atoms with van der Waals surface area (Å²) in [6, 6.07) is 7.68. The molecule has 0 fully saturated rings. The van der Waals surface area contributed by atoms with E-state index in [0.717, 1.165) is 17.7 Å². The van der Waals surface area contributed by atoms with Crippen LogP contribution < -0.4 is 4.74 Å². The van der Waals surface area contributed by atoms with E-state index >= 15 is 0 Å². The van der Waals surface area contributed by atoms with E-state index in [0.29, 0.717) is 6.61 Å². The number of ether oxygens (including phenoxy) is 1. The number of carbonyl (C=O) groups is 1. The van der Waals surface area contributed by atoms with E-state index in [9.17, 15) is 4.79 Å². The molecule has 0 spiro atoms. The minimum atomic E-state index is -1.09. The molecule has 1 aromatic rings. The molecule has 0 amide bonds. The molecule has 5 nitrogen and oxygen atoms in total. The molecule has 20 heavy (non-hydrogen) atoms. The van der Waals surface area contributed by atoms with E-state index < -0.39 is 5.97 Å². The summed E-state index contributed by atoms with van der Waals surface area (Å²) in [4.78, 5) is 15.4. The minimum Gasteiger partial charge on any atom is -0.493 e. The Labute approximate surface area is 118 Å². The molecule has 0 aromatic heterocycles. The maximum absolute atomic E-state index is 10.5. The van der Waals surface area contributed by atoms with E-state index in [4.69, 9.17) is 14.7 Å². The van der Waals surface area contributed by atoms with Crippen molar-refractivity contribution in [2.45, 2.75) is 20.3 Å². The van der Waals surface area contributed by atoms with Crippen molar-refractivity contribution in [1.82, 2.24) is 0 Å². The zero-order valence-corrected chi connectivity index (χ0v) is 11.7. The van der Waals surface area contributed by atoms with Gasteiger partial charge in [0.05, 0.1) is 6.61 Å². The lowest BCUT2D eigenvalue weighted by Crippen LogP contribution is -2.08. The largest absolute Gasteiger partial charge is 0.493 e. The Hall–Kier alpha value is -2.30. The summed E-state index contributed by atoms with van der Waals surface area (Å²) < 4.78 is 5.62. The van der Waals surface area contributed by atoms with Crippen molar-refractivity contribution in [2.75, 3.05) is 13.2 Å². The third-order valence-corrected chi connectivity index (χ3v) is 2.36. The van der Waals surface area contributed by atoms with Gasteiger partial charge in [-0.15, -0.1) is 0 Å². The van der Waals surface area contributed by atoms with Crippen LogP contribution in [0, 0.1) is 0 Å². The molecule has 1 N–H and O–H groups in total. The highest BCUT2D eigenvalue weighted by atomic mass is 16.6.